The Morgan fingerprint density at radius 3 is 2.23 bits per heavy atom. The number of methoxy groups -OCH3 is 2. The van der Waals surface area contributed by atoms with Crippen molar-refractivity contribution in [2.45, 2.75) is 5.92 Å². The third-order valence-corrected chi connectivity index (χ3v) is 2.94. The van der Waals surface area contributed by atoms with Gasteiger partial charge in [-0.15, -0.1) is 0 Å². The zero-order valence-electron chi connectivity index (χ0n) is 11.8. The number of esters is 1. The van der Waals surface area contributed by atoms with E-state index < -0.39 is 29.2 Å². The molecule has 0 amide bonds. The molecule has 7 heteroatoms. The second kappa shape index (κ2) is 5.97. The second-order valence-corrected chi connectivity index (χ2v) is 4.29. The monoisotopic (exact) mass is 310 g/mol. The number of hydrogen-bond donors (Lipinski definition) is 0. The van der Waals surface area contributed by atoms with E-state index in [4.69, 9.17) is 9.15 Å². The molecule has 0 radical (unpaired) electrons. The molecule has 0 unspecified atom stereocenters. The summed E-state index contributed by atoms with van der Waals surface area (Å²) in [7, 11) is 2.51. The summed E-state index contributed by atoms with van der Waals surface area (Å²) in [5, 5.41) is 0. The van der Waals surface area contributed by atoms with Crippen LogP contribution in [0.4, 0.5) is 8.78 Å². The number of furan rings is 1. The Labute approximate surface area is 124 Å². The Morgan fingerprint density at radius 2 is 1.68 bits per heavy atom. The first-order chi connectivity index (χ1) is 10.4. The summed E-state index contributed by atoms with van der Waals surface area (Å²) in [5.74, 6) is -7.14. The number of rotatable bonds is 5. The number of carbonyl (C=O) groups is 2. The van der Waals surface area contributed by atoms with Crippen LogP contribution in [0.3, 0.4) is 0 Å². The van der Waals surface area contributed by atoms with Crippen molar-refractivity contribution in [2.24, 2.45) is 0 Å². The number of halogens is 2. The minimum absolute atomic E-state index is 0.207. The SMILES string of the molecule is COC(=O)c1ccc(C(F)(F)C(=O)c2ccc(OC)cc2)o1. The normalized spacial score (nSPS) is 11.1. The number of ketones is 1. The molecule has 0 bridgehead atoms. The van der Waals surface area contributed by atoms with Gasteiger partial charge in [-0.1, -0.05) is 0 Å². The maximum Gasteiger partial charge on any atom is 0.373 e. The molecular weight excluding hydrogens is 298 g/mol. The van der Waals surface area contributed by atoms with Gasteiger partial charge in [-0.2, -0.15) is 8.78 Å². The van der Waals surface area contributed by atoms with Gasteiger partial charge < -0.3 is 13.9 Å². The summed E-state index contributed by atoms with van der Waals surface area (Å²) < 4.78 is 42.3. The van der Waals surface area contributed by atoms with E-state index in [0.29, 0.717) is 5.75 Å². The molecule has 2 aromatic rings. The number of carbonyl (C=O) groups excluding carboxylic acids is 2. The fourth-order valence-electron chi connectivity index (χ4n) is 1.75. The number of ether oxygens (including phenoxy) is 2. The Morgan fingerprint density at radius 1 is 1.05 bits per heavy atom. The molecule has 0 atom stereocenters. The summed E-state index contributed by atoms with van der Waals surface area (Å²) >= 11 is 0. The van der Waals surface area contributed by atoms with E-state index in [1.54, 1.807) is 0 Å². The summed E-state index contributed by atoms with van der Waals surface area (Å²) in [6.45, 7) is 0. The highest BCUT2D eigenvalue weighted by molar-refractivity contribution is 6.01. The van der Waals surface area contributed by atoms with Crippen LogP contribution in [0, 0.1) is 0 Å². The molecule has 2 rings (SSSR count). The van der Waals surface area contributed by atoms with Gasteiger partial charge >= 0.3 is 11.9 Å². The van der Waals surface area contributed by atoms with Crippen LogP contribution in [-0.2, 0) is 10.7 Å². The van der Waals surface area contributed by atoms with Gasteiger partial charge in [-0.05, 0) is 36.4 Å². The van der Waals surface area contributed by atoms with E-state index >= 15 is 0 Å². The van der Waals surface area contributed by atoms with Crippen LogP contribution in [0.5, 0.6) is 5.75 Å². The average Bonchev–Trinajstić information content (AvgIpc) is 3.04. The topological polar surface area (TPSA) is 65.7 Å². The van der Waals surface area contributed by atoms with Crippen molar-refractivity contribution in [1.29, 1.82) is 0 Å². The zero-order valence-corrected chi connectivity index (χ0v) is 11.8. The third-order valence-electron chi connectivity index (χ3n) is 2.94. The van der Waals surface area contributed by atoms with Gasteiger partial charge in [0, 0.05) is 5.56 Å². The molecule has 0 fully saturated rings. The van der Waals surface area contributed by atoms with Gasteiger partial charge in [-0.3, -0.25) is 4.79 Å². The van der Waals surface area contributed by atoms with E-state index in [2.05, 4.69) is 4.74 Å². The third kappa shape index (κ3) is 2.83. The molecule has 116 valence electrons. The van der Waals surface area contributed by atoms with Crippen LogP contribution in [-0.4, -0.2) is 26.0 Å². The van der Waals surface area contributed by atoms with Crippen molar-refractivity contribution in [1.82, 2.24) is 0 Å². The van der Waals surface area contributed by atoms with Gasteiger partial charge in [0.15, 0.2) is 5.76 Å². The fourth-order valence-corrected chi connectivity index (χ4v) is 1.75. The van der Waals surface area contributed by atoms with E-state index in [0.717, 1.165) is 19.2 Å². The van der Waals surface area contributed by atoms with E-state index in [1.807, 2.05) is 0 Å². The molecule has 0 saturated heterocycles. The Kier molecular flexibility index (Phi) is 4.25. The molecule has 1 heterocycles. The predicted octanol–water partition coefficient (Wildman–Crippen LogP) is 3.05. The van der Waals surface area contributed by atoms with Gasteiger partial charge in [0.1, 0.15) is 5.75 Å². The van der Waals surface area contributed by atoms with E-state index in [-0.39, 0.29) is 5.56 Å². The quantitative estimate of drug-likeness (QED) is 0.627. The first-order valence-corrected chi connectivity index (χ1v) is 6.15. The summed E-state index contributed by atoms with van der Waals surface area (Å²) in [4.78, 5) is 23.2. The number of Topliss-reactive ketones (excluding diaryl/α,β-unsaturated/α-hetero) is 1. The lowest BCUT2D eigenvalue weighted by Gasteiger charge is -2.12. The van der Waals surface area contributed by atoms with Crippen LogP contribution >= 0.6 is 0 Å². The first-order valence-electron chi connectivity index (χ1n) is 6.15. The Balaban J connectivity index is 2.29. The molecule has 0 aliphatic carbocycles. The minimum atomic E-state index is -3.90. The highest BCUT2D eigenvalue weighted by atomic mass is 19.3. The smallest absolute Gasteiger partial charge is 0.373 e. The van der Waals surface area contributed by atoms with Gasteiger partial charge in [0.2, 0.25) is 11.5 Å². The lowest BCUT2D eigenvalue weighted by molar-refractivity contribution is -0.00761. The van der Waals surface area contributed by atoms with Crippen LogP contribution in [0.15, 0.2) is 40.8 Å². The predicted molar refractivity (Wildman–Crippen MR) is 71.3 cm³/mol. The summed E-state index contributed by atoms with van der Waals surface area (Å²) in [5.41, 5.74) is -0.207. The number of alkyl halides is 2. The molecule has 1 aromatic carbocycles. The standard InChI is InChI=1S/C15H12F2O5/c1-20-10-5-3-9(4-6-10)13(18)15(16,17)12-8-7-11(22-12)14(19)21-2/h3-8H,1-2H3. The molecule has 0 spiro atoms. The zero-order chi connectivity index (χ0) is 16.3. The van der Waals surface area contributed by atoms with Gasteiger partial charge in [0.25, 0.3) is 0 Å². The highest BCUT2D eigenvalue weighted by Crippen LogP contribution is 2.33. The lowest BCUT2D eigenvalue weighted by atomic mass is 10.0. The molecule has 0 saturated carbocycles. The maximum atomic E-state index is 14.2. The van der Waals surface area contributed by atoms with Crippen molar-refractivity contribution in [2.75, 3.05) is 14.2 Å². The molecule has 0 N–H and O–H groups in total. The first kappa shape index (κ1) is 15.7. The van der Waals surface area contributed by atoms with Crippen molar-refractivity contribution >= 4 is 11.8 Å². The van der Waals surface area contributed by atoms with Crippen LogP contribution in [0.25, 0.3) is 0 Å². The second-order valence-electron chi connectivity index (χ2n) is 4.29. The van der Waals surface area contributed by atoms with Gasteiger partial charge in [-0.25, -0.2) is 4.79 Å². The van der Waals surface area contributed by atoms with E-state index in [9.17, 15) is 18.4 Å². The van der Waals surface area contributed by atoms with Crippen molar-refractivity contribution in [3.05, 3.63) is 53.5 Å². The maximum absolute atomic E-state index is 14.2. The summed E-state index contributed by atoms with van der Waals surface area (Å²) in [6.07, 6.45) is 0. The van der Waals surface area contributed by atoms with Crippen LogP contribution in [0.2, 0.25) is 0 Å². The van der Waals surface area contributed by atoms with E-state index in [1.165, 1.54) is 31.4 Å². The highest BCUT2D eigenvalue weighted by Gasteiger charge is 2.45. The van der Waals surface area contributed by atoms with Crippen LogP contribution < -0.4 is 4.74 Å². The molecule has 0 aliphatic heterocycles. The Bertz CT molecular complexity index is 688. The number of hydrogen-bond acceptors (Lipinski definition) is 5. The van der Waals surface area contributed by atoms with Crippen molar-refractivity contribution in [3.63, 3.8) is 0 Å². The van der Waals surface area contributed by atoms with Crippen molar-refractivity contribution in [3.8, 4) is 5.75 Å². The molecular formula is C15H12F2O5. The minimum Gasteiger partial charge on any atom is -0.497 e. The average molecular weight is 310 g/mol. The molecule has 5 nitrogen and oxygen atoms in total. The fraction of sp³-hybridized carbons (Fsp3) is 0.200. The summed E-state index contributed by atoms with van der Waals surface area (Å²) in [6, 6.07) is 7.12. The molecule has 22 heavy (non-hydrogen) atoms. The largest absolute Gasteiger partial charge is 0.497 e. The molecule has 1 aromatic heterocycles. The number of benzene rings is 1. The van der Waals surface area contributed by atoms with Gasteiger partial charge in [0.05, 0.1) is 14.2 Å². The Hall–Kier alpha value is -2.70. The molecule has 0 aliphatic rings. The lowest BCUT2D eigenvalue weighted by Crippen LogP contribution is -2.25. The van der Waals surface area contributed by atoms with Crippen LogP contribution in [0.1, 0.15) is 26.7 Å². The van der Waals surface area contributed by atoms with Crippen molar-refractivity contribution < 1.29 is 32.3 Å².